The lowest BCUT2D eigenvalue weighted by Crippen LogP contribution is -2.57. The van der Waals surface area contributed by atoms with E-state index in [0.29, 0.717) is 22.9 Å². The highest BCUT2D eigenvalue weighted by atomic mass is 32.1. The average Bonchev–Trinajstić information content (AvgIpc) is 3.20. The van der Waals surface area contributed by atoms with Crippen molar-refractivity contribution < 1.29 is 9.59 Å². The summed E-state index contributed by atoms with van der Waals surface area (Å²) in [5.41, 5.74) is 1.65. The van der Waals surface area contributed by atoms with Gasteiger partial charge in [-0.1, -0.05) is 12.1 Å². The van der Waals surface area contributed by atoms with Gasteiger partial charge in [0.2, 0.25) is 0 Å². The highest BCUT2D eigenvalue weighted by Gasteiger charge is 2.34. The molecular weight excluding hydrogens is 358 g/mol. The quantitative estimate of drug-likeness (QED) is 0.834. The minimum atomic E-state index is -0.0509. The number of nitrogens with zero attached hydrogens (tertiary/aromatic N) is 1. The second-order valence-electron chi connectivity index (χ2n) is 7.32. The minimum absolute atomic E-state index is 0.00361. The van der Waals surface area contributed by atoms with Crippen molar-refractivity contribution in [2.75, 3.05) is 26.2 Å². The Morgan fingerprint density at radius 2 is 1.96 bits per heavy atom. The molecule has 27 heavy (non-hydrogen) atoms. The van der Waals surface area contributed by atoms with Crippen LogP contribution in [0, 0.1) is 5.92 Å². The molecule has 0 saturated carbocycles. The van der Waals surface area contributed by atoms with Gasteiger partial charge < -0.3 is 15.5 Å². The second kappa shape index (κ2) is 7.82. The average molecular weight is 384 g/mol. The molecule has 142 valence electrons. The van der Waals surface area contributed by atoms with E-state index in [-0.39, 0.29) is 17.9 Å². The van der Waals surface area contributed by atoms with Gasteiger partial charge in [-0.25, -0.2) is 0 Å². The third kappa shape index (κ3) is 3.92. The van der Waals surface area contributed by atoms with E-state index in [1.807, 2.05) is 43.3 Å². The zero-order valence-corrected chi connectivity index (χ0v) is 16.3. The number of piperidine rings is 3. The third-order valence-corrected chi connectivity index (χ3v) is 6.68. The molecule has 6 heteroatoms. The Hall–Kier alpha value is -2.18. The molecule has 2 bridgehead atoms. The fourth-order valence-electron chi connectivity index (χ4n) is 4.06. The highest BCUT2D eigenvalue weighted by molar-refractivity contribution is 7.17. The standard InChI is InChI=1S/C21H25N3O2S/c1-2-22-21(26)19-7-6-18(27-19)15-4-3-5-16(12-15)20(25)23-17-13-24-10-8-14(17)9-11-24/h3-7,12,14,17H,2,8-11,13H2,1H3,(H,22,26)(H,23,25)/t17-/m0/s1. The van der Waals surface area contributed by atoms with Crippen LogP contribution in [-0.4, -0.2) is 48.9 Å². The van der Waals surface area contributed by atoms with Crippen LogP contribution in [0.15, 0.2) is 36.4 Å². The van der Waals surface area contributed by atoms with Crippen molar-refractivity contribution >= 4 is 23.2 Å². The number of hydrogen-bond donors (Lipinski definition) is 2. The van der Waals surface area contributed by atoms with Crippen LogP contribution in [0.1, 0.15) is 39.8 Å². The summed E-state index contributed by atoms with van der Waals surface area (Å²) in [5.74, 6) is 0.556. The van der Waals surface area contributed by atoms with Crippen LogP contribution in [0.5, 0.6) is 0 Å². The SMILES string of the molecule is CCNC(=O)c1ccc(-c2cccc(C(=O)N[C@H]3CN4CCC3CC4)c2)s1. The van der Waals surface area contributed by atoms with E-state index in [4.69, 9.17) is 0 Å². The first kappa shape index (κ1) is 18.2. The highest BCUT2D eigenvalue weighted by Crippen LogP contribution is 2.30. The number of hydrogen-bond acceptors (Lipinski definition) is 4. The Morgan fingerprint density at radius 1 is 1.15 bits per heavy atom. The number of carbonyl (C=O) groups excluding carboxylic acids is 2. The fraction of sp³-hybridized carbons (Fsp3) is 0.429. The number of fused-ring (bicyclic) bond motifs is 3. The van der Waals surface area contributed by atoms with Crippen LogP contribution >= 0.6 is 11.3 Å². The van der Waals surface area contributed by atoms with Gasteiger partial charge in [0, 0.05) is 29.6 Å². The largest absolute Gasteiger partial charge is 0.352 e. The topological polar surface area (TPSA) is 61.4 Å². The molecule has 2 amide bonds. The van der Waals surface area contributed by atoms with E-state index >= 15 is 0 Å². The summed E-state index contributed by atoms with van der Waals surface area (Å²) in [4.78, 5) is 28.9. The lowest BCUT2D eigenvalue weighted by Gasteiger charge is -2.44. The van der Waals surface area contributed by atoms with Gasteiger partial charge in [-0.05, 0) is 68.6 Å². The Bertz CT molecular complexity index is 839. The van der Waals surface area contributed by atoms with Gasteiger partial charge in [0.25, 0.3) is 11.8 Å². The van der Waals surface area contributed by atoms with E-state index < -0.39 is 0 Å². The first-order valence-electron chi connectivity index (χ1n) is 9.65. The zero-order valence-electron chi connectivity index (χ0n) is 15.5. The Morgan fingerprint density at radius 3 is 2.67 bits per heavy atom. The van der Waals surface area contributed by atoms with E-state index in [2.05, 4.69) is 15.5 Å². The normalized spacial score (nSPS) is 23.8. The predicted molar refractivity (Wildman–Crippen MR) is 108 cm³/mol. The van der Waals surface area contributed by atoms with Crippen molar-refractivity contribution in [1.29, 1.82) is 0 Å². The maximum atomic E-state index is 12.8. The molecule has 1 aromatic carbocycles. The summed E-state index contributed by atoms with van der Waals surface area (Å²) in [6.45, 7) is 5.82. The van der Waals surface area contributed by atoms with Gasteiger partial charge in [-0.2, -0.15) is 0 Å². The number of benzene rings is 1. The summed E-state index contributed by atoms with van der Waals surface area (Å²) in [6.07, 6.45) is 2.37. The lowest BCUT2D eigenvalue weighted by atomic mass is 9.84. The van der Waals surface area contributed by atoms with Crippen LogP contribution in [-0.2, 0) is 0 Å². The summed E-state index contributed by atoms with van der Waals surface area (Å²) in [7, 11) is 0. The van der Waals surface area contributed by atoms with Crippen LogP contribution in [0.3, 0.4) is 0 Å². The molecule has 2 N–H and O–H groups in total. The van der Waals surface area contributed by atoms with E-state index in [1.165, 1.54) is 37.3 Å². The van der Waals surface area contributed by atoms with Gasteiger partial charge in [0.1, 0.15) is 0 Å². The molecule has 1 aromatic heterocycles. The second-order valence-corrected chi connectivity index (χ2v) is 8.41. The van der Waals surface area contributed by atoms with Crippen molar-refractivity contribution in [1.82, 2.24) is 15.5 Å². The minimum Gasteiger partial charge on any atom is -0.352 e. The van der Waals surface area contributed by atoms with Gasteiger partial charge in [-0.15, -0.1) is 11.3 Å². The number of amides is 2. The smallest absolute Gasteiger partial charge is 0.261 e. The summed E-state index contributed by atoms with van der Waals surface area (Å²) in [5, 5.41) is 6.06. The number of rotatable bonds is 5. The molecule has 3 saturated heterocycles. The Balaban J connectivity index is 1.47. The fourth-order valence-corrected chi connectivity index (χ4v) is 4.98. The third-order valence-electron chi connectivity index (χ3n) is 5.55. The molecule has 0 unspecified atom stereocenters. The van der Waals surface area contributed by atoms with Crippen LogP contribution < -0.4 is 10.6 Å². The molecule has 0 radical (unpaired) electrons. The first-order valence-corrected chi connectivity index (χ1v) is 10.5. The molecule has 1 atom stereocenters. The Kier molecular flexibility index (Phi) is 5.27. The van der Waals surface area contributed by atoms with Gasteiger partial charge in [-0.3, -0.25) is 9.59 Å². The van der Waals surface area contributed by atoms with Gasteiger partial charge >= 0.3 is 0 Å². The monoisotopic (exact) mass is 383 g/mol. The van der Waals surface area contributed by atoms with Crippen LogP contribution in [0.25, 0.3) is 10.4 Å². The molecule has 4 heterocycles. The van der Waals surface area contributed by atoms with E-state index in [1.54, 1.807) is 0 Å². The number of carbonyl (C=O) groups is 2. The molecule has 0 spiro atoms. The molecule has 3 fully saturated rings. The van der Waals surface area contributed by atoms with Gasteiger partial charge in [0.15, 0.2) is 0 Å². The number of thiophene rings is 1. The molecule has 3 aliphatic heterocycles. The summed E-state index contributed by atoms with van der Waals surface area (Å²) in [6, 6.07) is 11.7. The predicted octanol–water partition coefficient (Wildman–Crippen LogP) is 2.99. The Labute approximate surface area is 163 Å². The van der Waals surface area contributed by atoms with Crippen LogP contribution in [0.4, 0.5) is 0 Å². The molecule has 3 aliphatic rings. The van der Waals surface area contributed by atoms with Crippen molar-refractivity contribution in [3.05, 3.63) is 46.8 Å². The maximum Gasteiger partial charge on any atom is 0.261 e. The number of nitrogens with one attached hydrogen (secondary N) is 2. The van der Waals surface area contributed by atoms with Crippen LogP contribution in [0.2, 0.25) is 0 Å². The molecule has 5 nitrogen and oxygen atoms in total. The van der Waals surface area contributed by atoms with Crippen molar-refractivity contribution in [3.8, 4) is 10.4 Å². The van der Waals surface area contributed by atoms with E-state index in [9.17, 15) is 9.59 Å². The molecular formula is C21H25N3O2S. The van der Waals surface area contributed by atoms with Crippen molar-refractivity contribution in [3.63, 3.8) is 0 Å². The van der Waals surface area contributed by atoms with E-state index in [0.717, 1.165) is 17.0 Å². The van der Waals surface area contributed by atoms with Crippen molar-refractivity contribution in [2.24, 2.45) is 5.92 Å². The van der Waals surface area contributed by atoms with Gasteiger partial charge in [0.05, 0.1) is 4.88 Å². The summed E-state index contributed by atoms with van der Waals surface area (Å²) >= 11 is 1.45. The first-order chi connectivity index (χ1) is 13.1. The van der Waals surface area contributed by atoms with Crippen molar-refractivity contribution in [2.45, 2.75) is 25.8 Å². The maximum absolute atomic E-state index is 12.8. The zero-order chi connectivity index (χ0) is 18.8. The molecule has 2 aromatic rings. The molecule has 5 rings (SSSR count). The molecule has 0 aliphatic carbocycles. The summed E-state index contributed by atoms with van der Waals surface area (Å²) < 4.78 is 0. The lowest BCUT2D eigenvalue weighted by molar-refractivity contribution is 0.0620.